The second kappa shape index (κ2) is 5.67. The summed E-state index contributed by atoms with van der Waals surface area (Å²) in [5.41, 5.74) is 1.24. The average molecular weight is 245 g/mol. The number of amides is 1. The van der Waals surface area contributed by atoms with E-state index in [0.29, 0.717) is 5.96 Å². The highest BCUT2D eigenvalue weighted by Crippen LogP contribution is 2.10. The third-order valence-electron chi connectivity index (χ3n) is 2.80. The Morgan fingerprint density at radius 3 is 2.72 bits per heavy atom. The maximum absolute atomic E-state index is 11.7. The molecule has 1 aliphatic rings. The summed E-state index contributed by atoms with van der Waals surface area (Å²) in [6.07, 6.45) is 1.62. The van der Waals surface area contributed by atoms with Crippen molar-refractivity contribution in [2.45, 2.75) is 38.8 Å². The quantitative estimate of drug-likeness (QED) is 0.844. The first-order chi connectivity index (χ1) is 8.65. The maximum atomic E-state index is 11.7. The molecule has 18 heavy (non-hydrogen) atoms. The third-order valence-corrected chi connectivity index (χ3v) is 2.80. The molecule has 1 aromatic rings. The molecule has 1 aliphatic heterocycles. The van der Waals surface area contributed by atoms with Gasteiger partial charge in [0.2, 0.25) is 0 Å². The van der Waals surface area contributed by atoms with Gasteiger partial charge in [0, 0.05) is 6.04 Å². The largest absolute Gasteiger partial charge is 0.354 e. The van der Waals surface area contributed by atoms with Crippen LogP contribution in [-0.4, -0.2) is 24.0 Å². The molecule has 2 N–H and O–H groups in total. The lowest BCUT2D eigenvalue weighted by Crippen LogP contribution is -2.40. The molecule has 1 atom stereocenters. The minimum absolute atomic E-state index is 0.00548. The predicted molar refractivity (Wildman–Crippen MR) is 72.4 cm³/mol. The van der Waals surface area contributed by atoms with E-state index in [1.54, 1.807) is 0 Å². The molecule has 0 saturated carbocycles. The number of carbonyl (C=O) groups excluding carboxylic acids is 1. The lowest BCUT2D eigenvalue weighted by atomic mass is 10.1. The Morgan fingerprint density at radius 1 is 1.33 bits per heavy atom. The first-order valence-electron chi connectivity index (χ1n) is 6.34. The Morgan fingerprint density at radius 2 is 2.06 bits per heavy atom. The Balaban J connectivity index is 1.90. The van der Waals surface area contributed by atoms with Crippen LogP contribution in [0, 0.1) is 0 Å². The van der Waals surface area contributed by atoms with E-state index in [1.165, 1.54) is 5.56 Å². The van der Waals surface area contributed by atoms with E-state index in [0.717, 1.165) is 12.8 Å². The fourth-order valence-electron chi connectivity index (χ4n) is 1.94. The van der Waals surface area contributed by atoms with Crippen LogP contribution in [0.4, 0.5) is 0 Å². The minimum atomic E-state index is -0.258. The summed E-state index contributed by atoms with van der Waals surface area (Å²) < 4.78 is 0. The molecule has 0 aromatic heterocycles. The molecule has 0 radical (unpaired) electrons. The van der Waals surface area contributed by atoms with Gasteiger partial charge in [-0.1, -0.05) is 30.3 Å². The summed E-state index contributed by atoms with van der Waals surface area (Å²) in [5.74, 6) is 0.599. The average Bonchev–Trinajstić information content (AvgIpc) is 2.67. The van der Waals surface area contributed by atoms with Crippen molar-refractivity contribution in [3.8, 4) is 0 Å². The first kappa shape index (κ1) is 12.6. The molecule has 0 aliphatic carbocycles. The van der Waals surface area contributed by atoms with E-state index in [9.17, 15) is 4.79 Å². The van der Waals surface area contributed by atoms with Crippen LogP contribution in [0.25, 0.3) is 0 Å². The van der Waals surface area contributed by atoms with E-state index >= 15 is 0 Å². The number of guanidine groups is 1. The van der Waals surface area contributed by atoms with Crippen molar-refractivity contribution in [1.29, 1.82) is 0 Å². The van der Waals surface area contributed by atoms with Crippen molar-refractivity contribution in [1.82, 2.24) is 10.6 Å². The van der Waals surface area contributed by atoms with Crippen molar-refractivity contribution in [3.05, 3.63) is 35.9 Å². The topological polar surface area (TPSA) is 53.5 Å². The zero-order valence-corrected chi connectivity index (χ0v) is 10.8. The molecule has 0 bridgehead atoms. The Kier molecular flexibility index (Phi) is 3.97. The van der Waals surface area contributed by atoms with Crippen LogP contribution >= 0.6 is 0 Å². The SMILES string of the molecule is CC(C)NC1=NC(CCc2ccccc2)C(=O)N1. The lowest BCUT2D eigenvalue weighted by Gasteiger charge is -2.07. The molecular formula is C14H19N3O. The summed E-state index contributed by atoms with van der Waals surface area (Å²) in [5, 5.41) is 5.89. The number of hydrogen-bond acceptors (Lipinski definition) is 3. The van der Waals surface area contributed by atoms with Crippen LogP contribution in [-0.2, 0) is 11.2 Å². The van der Waals surface area contributed by atoms with Crippen LogP contribution in [0.1, 0.15) is 25.8 Å². The number of aliphatic imine (C=N–C) groups is 1. The molecule has 0 spiro atoms. The van der Waals surface area contributed by atoms with E-state index in [1.807, 2.05) is 32.0 Å². The maximum Gasteiger partial charge on any atom is 0.251 e. The molecule has 1 aromatic carbocycles. The molecule has 1 heterocycles. The molecule has 1 amide bonds. The summed E-state index contributed by atoms with van der Waals surface area (Å²) in [6.45, 7) is 4.04. The van der Waals surface area contributed by atoms with Crippen molar-refractivity contribution in [3.63, 3.8) is 0 Å². The number of hydrogen-bond donors (Lipinski definition) is 2. The van der Waals surface area contributed by atoms with Gasteiger partial charge in [-0.2, -0.15) is 0 Å². The van der Waals surface area contributed by atoms with Crippen molar-refractivity contribution < 1.29 is 4.79 Å². The fraction of sp³-hybridized carbons (Fsp3) is 0.429. The van der Waals surface area contributed by atoms with Gasteiger partial charge in [-0.25, -0.2) is 4.99 Å². The molecule has 1 unspecified atom stereocenters. The van der Waals surface area contributed by atoms with Crippen LogP contribution in [0.5, 0.6) is 0 Å². The number of nitrogens with zero attached hydrogens (tertiary/aromatic N) is 1. The van der Waals surface area contributed by atoms with Gasteiger partial charge in [0.15, 0.2) is 5.96 Å². The minimum Gasteiger partial charge on any atom is -0.354 e. The van der Waals surface area contributed by atoms with Gasteiger partial charge < -0.3 is 5.32 Å². The van der Waals surface area contributed by atoms with Gasteiger partial charge >= 0.3 is 0 Å². The smallest absolute Gasteiger partial charge is 0.251 e. The molecule has 0 saturated heterocycles. The molecular weight excluding hydrogens is 226 g/mol. The molecule has 4 nitrogen and oxygen atoms in total. The van der Waals surface area contributed by atoms with Crippen LogP contribution < -0.4 is 10.6 Å². The van der Waals surface area contributed by atoms with Crippen molar-refractivity contribution in [2.75, 3.05) is 0 Å². The third kappa shape index (κ3) is 3.32. The molecule has 2 rings (SSSR count). The Bertz CT molecular complexity index is 440. The van der Waals surface area contributed by atoms with Gasteiger partial charge in [-0.05, 0) is 32.3 Å². The lowest BCUT2D eigenvalue weighted by molar-refractivity contribution is -0.120. The van der Waals surface area contributed by atoms with E-state index < -0.39 is 0 Å². The second-order valence-electron chi connectivity index (χ2n) is 4.81. The van der Waals surface area contributed by atoms with Gasteiger partial charge in [-0.15, -0.1) is 0 Å². The standard InChI is InChI=1S/C14H19N3O/c1-10(2)15-14-16-12(13(18)17-14)9-8-11-6-4-3-5-7-11/h3-7,10,12H,8-9H2,1-2H3,(H2,15,16,17,18). The molecule has 0 fully saturated rings. The fourth-order valence-corrected chi connectivity index (χ4v) is 1.94. The van der Waals surface area contributed by atoms with Gasteiger partial charge in [0.05, 0.1) is 0 Å². The zero-order valence-electron chi connectivity index (χ0n) is 10.8. The van der Waals surface area contributed by atoms with Crippen LogP contribution in [0.2, 0.25) is 0 Å². The number of rotatable bonds is 4. The van der Waals surface area contributed by atoms with Crippen LogP contribution in [0.15, 0.2) is 35.3 Å². The zero-order chi connectivity index (χ0) is 13.0. The van der Waals surface area contributed by atoms with E-state index in [2.05, 4.69) is 27.8 Å². The molecule has 96 valence electrons. The van der Waals surface area contributed by atoms with E-state index in [-0.39, 0.29) is 18.0 Å². The first-order valence-corrected chi connectivity index (χ1v) is 6.34. The number of aryl methyl sites for hydroxylation is 1. The Hall–Kier alpha value is -1.84. The van der Waals surface area contributed by atoms with Crippen molar-refractivity contribution >= 4 is 11.9 Å². The van der Waals surface area contributed by atoms with Gasteiger partial charge in [0.25, 0.3) is 5.91 Å². The molecule has 4 heteroatoms. The van der Waals surface area contributed by atoms with Gasteiger partial charge in [0.1, 0.15) is 6.04 Å². The normalized spacial score (nSPS) is 18.7. The number of nitrogens with one attached hydrogen (secondary N) is 2. The highest BCUT2D eigenvalue weighted by Gasteiger charge is 2.25. The second-order valence-corrected chi connectivity index (χ2v) is 4.81. The number of benzene rings is 1. The predicted octanol–water partition coefficient (Wildman–Crippen LogP) is 1.47. The summed E-state index contributed by atoms with van der Waals surface area (Å²) in [4.78, 5) is 16.1. The highest BCUT2D eigenvalue weighted by molar-refractivity contribution is 6.04. The highest BCUT2D eigenvalue weighted by atomic mass is 16.2. The summed E-state index contributed by atoms with van der Waals surface area (Å²) in [6, 6.07) is 10.2. The number of carbonyl (C=O) groups is 1. The van der Waals surface area contributed by atoms with Gasteiger partial charge in [-0.3, -0.25) is 10.1 Å². The van der Waals surface area contributed by atoms with Crippen LogP contribution in [0.3, 0.4) is 0 Å². The summed E-state index contributed by atoms with van der Waals surface area (Å²) >= 11 is 0. The summed E-state index contributed by atoms with van der Waals surface area (Å²) in [7, 11) is 0. The Labute approximate surface area is 108 Å². The van der Waals surface area contributed by atoms with E-state index in [4.69, 9.17) is 0 Å². The van der Waals surface area contributed by atoms with Crippen molar-refractivity contribution in [2.24, 2.45) is 4.99 Å². The monoisotopic (exact) mass is 245 g/mol.